The molecular formula is C69H69F2N11O13S4. The summed E-state index contributed by atoms with van der Waals surface area (Å²) in [5.41, 5.74) is 8.49. The van der Waals surface area contributed by atoms with Gasteiger partial charge in [-0.3, -0.25) is 19.2 Å². The summed E-state index contributed by atoms with van der Waals surface area (Å²) in [4.78, 5) is 48.3. The molecule has 0 radical (unpaired) electrons. The average molecular weight is 1430 g/mol. The molecule has 0 fully saturated rings. The van der Waals surface area contributed by atoms with Gasteiger partial charge in [-0.05, 0) is 208 Å². The van der Waals surface area contributed by atoms with Crippen molar-refractivity contribution in [1.82, 2.24) is 51.8 Å². The lowest BCUT2D eigenvalue weighted by Gasteiger charge is -2.21. The first kappa shape index (κ1) is 71.8. The van der Waals surface area contributed by atoms with Crippen LogP contribution in [0.5, 0.6) is 0 Å². The van der Waals surface area contributed by atoms with Gasteiger partial charge in [0.2, 0.25) is 0 Å². The maximum absolute atomic E-state index is 14.1. The lowest BCUT2D eigenvalue weighted by atomic mass is 9.98. The summed E-state index contributed by atoms with van der Waals surface area (Å²) in [5, 5.41) is 39.6. The number of thiophene rings is 1. The molecule has 15 rings (SSSR count). The van der Waals surface area contributed by atoms with Crippen molar-refractivity contribution < 1.29 is 68.5 Å². The maximum Gasteiger partial charge on any atom is 0.290 e. The second-order valence-corrected chi connectivity index (χ2v) is 29.9. The maximum atomic E-state index is 14.1. The summed E-state index contributed by atoms with van der Waals surface area (Å²) in [6, 6.07) is 30.8. The third kappa shape index (κ3) is 15.1. The molecule has 3 N–H and O–H groups in total. The third-order valence-corrected chi connectivity index (χ3v) is 22.9. The number of rotatable bonds is 10. The van der Waals surface area contributed by atoms with Gasteiger partial charge in [0, 0.05) is 96.4 Å². The van der Waals surface area contributed by atoms with Gasteiger partial charge in [0.05, 0.1) is 42.8 Å². The molecule has 24 nitrogen and oxygen atoms in total. The van der Waals surface area contributed by atoms with E-state index in [1.165, 1.54) is 36.4 Å². The summed E-state index contributed by atoms with van der Waals surface area (Å²) in [7, 11) is -3.80. The Morgan fingerprint density at radius 1 is 0.535 bits per heavy atom. The highest BCUT2D eigenvalue weighted by atomic mass is 32.2. The van der Waals surface area contributed by atoms with Crippen molar-refractivity contribution in [2.24, 2.45) is 7.05 Å². The van der Waals surface area contributed by atoms with Crippen LogP contribution in [0.25, 0.3) is 70.5 Å². The number of hydrogen-bond donors (Lipinski definition) is 3. The van der Waals surface area contributed by atoms with Crippen molar-refractivity contribution in [1.29, 1.82) is 0 Å². The number of hydrogen-bond acceptors (Lipinski definition) is 18. The van der Waals surface area contributed by atoms with Gasteiger partial charge in [-0.2, -0.15) is 48.7 Å². The molecule has 0 saturated carbocycles. The molecule has 30 heteroatoms. The number of nitrogens with zero attached hydrogens (tertiary/aromatic N) is 11. The Hall–Kier alpha value is -9.95. The third-order valence-electron chi connectivity index (χ3n) is 17.3. The number of carbonyl (C=O) groups excluding carboxylic acids is 1. The number of carboxylic acid groups (broad SMARTS) is 3. The van der Waals surface area contributed by atoms with Gasteiger partial charge in [-0.1, -0.05) is 24.3 Å². The van der Waals surface area contributed by atoms with E-state index in [4.69, 9.17) is 29.7 Å². The van der Waals surface area contributed by atoms with Gasteiger partial charge in [-0.15, -0.1) is 15.4 Å². The minimum Gasteiger partial charge on any atom is -0.483 e. The van der Waals surface area contributed by atoms with Crippen molar-refractivity contribution in [3.05, 3.63) is 191 Å². The summed E-state index contributed by atoms with van der Waals surface area (Å²) in [6.45, 7) is 5.70. The normalized spacial score (nSPS) is 15.9. The molecule has 0 amide bonds. The summed E-state index contributed by atoms with van der Waals surface area (Å²) in [6.07, 6.45) is 13.3. The van der Waals surface area contributed by atoms with E-state index in [9.17, 15) is 38.8 Å². The fraction of sp³-hybridized carbons (Fsp3) is 0.246. The molecule has 3 aliphatic heterocycles. The Morgan fingerprint density at radius 2 is 0.990 bits per heavy atom. The lowest BCUT2D eigenvalue weighted by Crippen LogP contribution is -2.24. The molecule has 1 atom stereocenters. The van der Waals surface area contributed by atoms with E-state index in [1.807, 2.05) is 79.8 Å². The molecule has 0 spiro atoms. The number of Topliss-reactive ketones (excluding diaryl/α,β-unsaturated/α-hetero) is 1. The first-order valence-electron chi connectivity index (χ1n) is 30.9. The molecule has 516 valence electrons. The predicted molar refractivity (Wildman–Crippen MR) is 374 cm³/mol. The molecular weight excluding hydrogens is 1360 g/mol. The fourth-order valence-electron chi connectivity index (χ4n) is 12.3. The zero-order valence-corrected chi connectivity index (χ0v) is 57.5. The monoisotopic (exact) mass is 1430 g/mol. The largest absolute Gasteiger partial charge is 0.483 e. The Balaban J connectivity index is 0.000000152. The van der Waals surface area contributed by atoms with Crippen LogP contribution in [0, 0.1) is 11.6 Å². The van der Waals surface area contributed by atoms with E-state index >= 15 is 0 Å². The van der Waals surface area contributed by atoms with Crippen molar-refractivity contribution in [2.75, 3.05) is 60.4 Å². The van der Waals surface area contributed by atoms with Crippen LogP contribution in [0.15, 0.2) is 166 Å². The summed E-state index contributed by atoms with van der Waals surface area (Å²) >= 11 is 1.59. The highest BCUT2D eigenvalue weighted by molar-refractivity contribution is 7.90. The number of carbonyl (C=O) groups is 4. The molecule has 6 aromatic heterocycles. The Bertz CT molecular complexity index is 5350. The van der Waals surface area contributed by atoms with Crippen LogP contribution in [0.2, 0.25) is 0 Å². The minimum absolute atomic E-state index is 0.0931. The van der Waals surface area contributed by atoms with Crippen LogP contribution >= 0.6 is 11.3 Å². The second kappa shape index (κ2) is 30.4. The Labute approximate surface area is 572 Å². The molecule has 1 aliphatic carbocycles. The molecule has 0 bridgehead atoms. The summed E-state index contributed by atoms with van der Waals surface area (Å²) < 4.78 is 115. The van der Waals surface area contributed by atoms with Crippen molar-refractivity contribution in [3.63, 3.8) is 0 Å². The smallest absolute Gasteiger partial charge is 0.290 e. The number of halogens is 2. The van der Waals surface area contributed by atoms with E-state index in [0.29, 0.717) is 63.8 Å². The highest BCUT2D eigenvalue weighted by Crippen LogP contribution is 2.38. The van der Waals surface area contributed by atoms with E-state index in [1.54, 1.807) is 73.0 Å². The van der Waals surface area contributed by atoms with Crippen LogP contribution in [-0.2, 0) is 62.7 Å². The number of aromatic nitrogens is 8. The van der Waals surface area contributed by atoms with Crippen LogP contribution in [0.3, 0.4) is 0 Å². The Kier molecular flexibility index (Phi) is 22.1. The zero-order valence-electron chi connectivity index (χ0n) is 54.3. The number of fused-ring (bicyclic) bond motifs is 6. The molecule has 4 aliphatic rings. The number of aryl methyl sites for hydroxylation is 2. The first-order chi connectivity index (χ1) is 47.4. The highest BCUT2D eigenvalue weighted by Gasteiger charge is 2.32. The first-order valence-corrected chi connectivity index (χ1v) is 36.1. The quantitative estimate of drug-likeness (QED) is 0.107. The lowest BCUT2D eigenvalue weighted by molar-refractivity contribution is -0.123. The second-order valence-electron chi connectivity index (χ2n) is 23.7. The predicted octanol–water partition coefficient (Wildman–Crippen LogP) is 10.1. The van der Waals surface area contributed by atoms with Gasteiger partial charge in [0.25, 0.3) is 49.5 Å². The number of pyridine rings is 1. The summed E-state index contributed by atoms with van der Waals surface area (Å²) in [5.74, 6) is -0.925. The zero-order chi connectivity index (χ0) is 71.1. The Morgan fingerprint density at radius 3 is 1.49 bits per heavy atom. The molecule has 5 aromatic carbocycles. The van der Waals surface area contributed by atoms with E-state index < -0.39 is 41.7 Å². The van der Waals surface area contributed by atoms with Gasteiger partial charge >= 0.3 is 0 Å². The van der Waals surface area contributed by atoms with Crippen LogP contribution < -0.4 is 0 Å². The molecule has 9 heterocycles. The average Bonchev–Trinajstić information content (AvgIpc) is 1.62. The van der Waals surface area contributed by atoms with Crippen LogP contribution in [-0.4, -0.2) is 178 Å². The molecule has 11 aromatic rings. The van der Waals surface area contributed by atoms with Crippen LogP contribution in [0.4, 0.5) is 8.78 Å². The van der Waals surface area contributed by atoms with E-state index in [-0.39, 0.29) is 45.8 Å². The number of likely N-dealkylation sites (N-methyl/N-ethyl adjacent to an activating group) is 3. The fourth-order valence-corrected chi connectivity index (χ4v) is 17.0. The number of ketones is 1. The van der Waals surface area contributed by atoms with Crippen molar-refractivity contribution in [3.8, 4) is 0 Å². The minimum atomic E-state index is -4.01. The van der Waals surface area contributed by atoms with Crippen molar-refractivity contribution >= 4 is 137 Å². The van der Waals surface area contributed by atoms with Gasteiger partial charge < -0.3 is 34.6 Å². The van der Waals surface area contributed by atoms with Gasteiger partial charge in [0.1, 0.15) is 17.4 Å². The van der Waals surface area contributed by atoms with E-state index in [0.717, 1.165) is 119 Å². The SMILES string of the molecule is CC(=O)C1CCc2cc(S(=O)(=O)n3nc(C4=CCN(C)CC4)c4cc(F)ccc43)ccc21.CN1CC=C(c2nn(S(=O)(=O)c3ccc4c(ccn4C)c3)c3ccc(F)cc23)CC1.CN1CC=C(c2nn(S(=O)(=O)c3ccc4sccc4c3)c3ncccc23)CC1.O=CO.O=CO.O=CO. The molecule has 99 heavy (non-hydrogen) atoms. The topological polar surface area (TPSA) is 312 Å². The van der Waals surface area contributed by atoms with Gasteiger partial charge in [0.15, 0.2) is 5.65 Å². The number of benzene rings is 5. The molecule has 0 saturated heterocycles. The van der Waals surface area contributed by atoms with Crippen molar-refractivity contribution in [2.45, 2.75) is 59.6 Å². The molecule has 1 unspecified atom stereocenters. The standard InChI is InChI=1S/C24H24FN3O3S.C22H21FN4O2S.C20H18N4O2S2.3CH2O2/c1-15(29)20-6-3-17-13-19(5-7-21(17)20)32(30,31)28-23-8-4-18(25)14-22(23)24(26-28)16-9-11-27(2)12-10-16;1-25-10-7-15(8-11-25)22-19-14-17(23)3-5-21(19)27(24-22)30(28,29)18-4-6-20-16(13-18)9-12-26(20)2;1-23-10-6-14(7-11-23)19-17-3-2-9-21-20(17)24(22-19)28(25,26)16-4-5-18-15(13-16)8-12-27-18;3*2-1-3/h4-5,7-9,13-14,20H,3,6,10-12H2,1-2H3;3-7,9,12-14H,8,10-11H2,1-2H3;2-6,8-9,12-13H,7,10-11H2,1H3;3*1H,(H,2,3). The van der Waals surface area contributed by atoms with E-state index in [2.05, 4.69) is 48.1 Å². The van der Waals surface area contributed by atoms with Crippen LogP contribution in [0.1, 0.15) is 66.7 Å². The van der Waals surface area contributed by atoms with Gasteiger partial charge in [-0.25, -0.2) is 13.8 Å².